The molecule has 0 aliphatic carbocycles. The highest BCUT2D eigenvalue weighted by molar-refractivity contribution is 9.10. The Labute approximate surface area is 82.3 Å². The monoisotopic (exact) mass is 233 g/mol. The quantitative estimate of drug-likeness (QED) is 0.852. The van der Waals surface area contributed by atoms with E-state index in [1.165, 1.54) is 12.1 Å². The van der Waals surface area contributed by atoms with Crippen LogP contribution in [0.2, 0.25) is 0 Å². The number of halogens is 1. The number of aromatic carboxylic acids is 1. The zero-order valence-electron chi connectivity index (χ0n) is 8.87. The van der Waals surface area contributed by atoms with Gasteiger partial charge in [-0.25, -0.2) is 4.79 Å². The second-order valence-electron chi connectivity index (χ2n) is 2.05. The van der Waals surface area contributed by atoms with Gasteiger partial charge in [-0.3, -0.25) is 0 Å². The van der Waals surface area contributed by atoms with Crippen molar-refractivity contribution in [2.45, 2.75) is 0 Å². The molecule has 1 aromatic carbocycles. The summed E-state index contributed by atoms with van der Waals surface area (Å²) in [7, 11) is -2.60. The number of rotatable bonds is 2. The molecule has 0 amide bonds. The normalized spacial score (nSPS) is 14.2. The van der Waals surface area contributed by atoms with Crippen molar-refractivity contribution in [3.63, 3.8) is 0 Å². The maximum absolute atomic E-state index is 10.6. The summed E-state index contributed by atoms with van der Waals surface area (Å²) in [5, 5.41) is 8.69. The molecular weight excluding hydrogens is 224 g/mol. The van der Waals surface area contributed by atoms with Gasteiger partial charge in [0.05, 0.1) is 21.2 Å². The lowest BCUT2D eigenvalue weighted by atomic mass is 10.2. The van der Waals surface area contributed by atoms with E-state index in [1.807, 2.05) is 0 Å². The Morgan fingerprint density at radius 1 is 1.75 bits per heavy atom. The van der Waals surface area contributed by atoms with E-state index < -0.39 is 13.0 Å². The van der Waals surface area contributed by atoms with Crippen LogP contribution in [0.15, 0.2) is 22.7 Å². The molecule has 0 saturated heterocycles. The molecule has 3 nitrogen and oxygen atoms in total. The van der Waals surface area contributed by atoms with Gasteiger partial charge in [0.1, 0.15) is 5.75 Å². The molecule has 12 heavy (non-hydrogen) atoms. The van der Waals surface area contributed by atoms with Gasteiger partial charge in [0.2, 0.25) is 0 Å². The van der Waals surface area contributed by atoms with Gasteiger partial charge in [-0.1, -0.05) is 0 Å². The number of ether oxygens (including phenoxy) is 1. The van der Waals surface area contributed by atoms with Crippen molar-refractivity contribution in [2.75, 3.05) is 7.04 Å². The van der Waals surface area contributed by atoms with Crippen molar-refractivity contribution in [1.29, 1.82) is 0 Å². The van der Waals surface area contributed by atoms with Gasteiger partial charge in [0.25, 0.3) is 0 Å². The van der Waals surface area contributed by atoms with Crippen LogP contribution in [-0.4, -0.2) is 18.1 Å². The van der Waals surface area contributed by atoms with E-state index >= 15 is 0 Å². The highest BCUT2D eigenvalue weighted by atomic mass is 79.9. The van der Waals surface area contributed by atoms with Gasteiger partial charge in [-0.15, -0.1) is 0 Å². The maximum atomic E-state index is 10.6. The molecule has 0 spiro atoms. The minimum atomic E-state index is -2.60. The number of methoxy groups -OCH3 is 1. The third kappa shape index (κ3) is 1.76. The Kier molecular flexibility index (Phi) is 1.67. The summed E-state index contributed by atoms with van der Waals surface area (Å²) in [6.07, 6.45) is 0. The largest absolute Gasteiger partial charge is 0.496 e. The number of hydrogen-bond donors (Lipinski definition) is 1. The predicted octanol–water partition coefficient (Wildman–Crippen LogP) is 2.16. The zero-order chi connectivity index (χ0) is 11.6. The van der Waals surface area contributed by atoms with Gasteiger partial charge in [0, 0.05) is 0 Å². The molecule has 64 valence electrons. The molecule has 0 atom stereocenters. The van der Waals surface area contributed by atoms with E-state index in [0.29, 0.717) is 4.47 Å². The fourth-order valence-electron chi connectivity index (χ4n) is 0.715. The highest BCUT2D eigenvalue weighted by Gasteiger charge is 2.06. The Hall–Kier alpha value is -1.03. The Bertz CT molecular complexity index is 389. The molecular formula is C8H7BrO3. The lowest BCUT2D eigenvalue weighted by molar-refractivity contribution is 0.0696. The van der Waals surface area contributed by atoms with E-state index in [0.717, 1.165) is 6.07 Å². The van der Waals surface area contributed by atoms with Crippen LogP contribution in [-0.2, 0) is 0 Å². The number of carboxylic acid groups (broad SMARTS) is 1. The van der Waals surface area contributed by atoms with Crippen LogP contribution in [0.4, 0.5) is 0 Å². The van der Waals surface area contributed by atoms with E-state index in [1.54, 1.807) is 0 Å². The minimum Gasteiger partial charge on any atom is -0.496 e. The van der Waals surface area contributed by atoms with Gasteiger partial charge in [-0.05, 0) is 34.1 Å². The van der Waals surface area contributed by atoms with Crippen molar-refractivity contribution in [2.24, 2.45) is 0 Å². The number of benzene rings is 1. The average molecular weight is 234 g/mol. The first-order valence-electron chi connectivity index (χ1n) is 4.51. The van der Waals surface area contributed by atoms with Crippen LogP contribution < -0.4 is 4.74 Å². The molecule has 0 heterocycles. The second kappa shape index (κ2) is 3.58. The molecule has 1 rings (SSSR count). The molecule has 0 aliphatic heterocycles. The number of carboxylic acids is 1. The minimum absolute atomic E-state index is 0.0186. The molecule has 1 N–H and O–H groups in total. The van der Waals surface area contributed by atoms with Gasteiger partial charge in [0.15, 0.2) is 0 Å². The standard InChI is InChI=1S/C8H7BrO3/c1-12-7-4-5(8(10)11)2-3-6(7)9/h2-4H,1H3,(H,10,11)/i1D3. The van der Waals surface area contributed by atoms with E-state index in [2.05, 4.69) is 20.7 Å². The third-order valence-corrected chi connectivity index (χ3v) is 1.94. The summed E-state index contributed by atoms with van der Waals surface area (Å²) in [6.45, 7) is 0. The first kappa shape index (κ1) is 5.59. The maximum Gasteiger partial charge on any atom is 0.335 e. The van der Waals surface area contributed by atoms with Gasteiger partial charge < -0.3 is 9.84 Å². The molecule has 0 saturated carbocycles. The van der Waals surface area contributed by atoms with Crippen molar-refractivity contribution in [3.05, 3.63) is 28.2 Å². The van der Waals surface area contributed by atoms with E-state index in [9.17, 15) is 4.79 Å². The van der Waals surface area contributed by atoms with Crippen molar-refractivity contribution in [3.8, 4) is 5.75 Å². The van der Waals surface area contributed by atoms with Crippen LogP contribution in [0, 0.1) is 0 Å². The fourth-order valence-corrected chi connectivity index (χ4v) is 1.04. The molecule has 4 heteroatoms. The van der Waals surface area contributed by atoms with E-state index in [-0.39, 0.29) is 11.3 Å². The summed E-state index contributed by atoms with van der Waals surface area (Å²) in [5.74, 6) is -1.16. The molecule has 0 unspecified atom stereocenters. The number of carbonyl (C=O) groups is 1. The predicted molar refractivity (Wildman–Crippen MR) is 47.7 cm³/mol. The summed E-state index contributed by atoms with van der Waals surface area (Å²) < 4.78 is 25.7. The first-order valence-corrected chi connectivity index (χ1v) is 3.81. The van der Waals surface area contributed by atoms with Crippen molar-refractivity contribution in [1.82, 2.24) is 0 Å². The van der Waals surface area contributed by atoms with Crippen LogP contribution in [0.3, 0.4) is 0 Å². The van der Waals surface area contributed by atoms with Crippen LogP contribution in [0.5, 0.6) is 5.75 Å². The molecule has 0 aromatic heterocycles. The summed E-state index contributed by atoms with van der Waals surface area (Å²) >= 11 is 3.06. The second-order valence-corrected chi connectivity index (χ2v) is 2.91. The molecule has 0 radical (unpaired) electrons. The topological polar surface area (TPSA) is 46.5 Å². The Morgan fingerprint density at radius 3 is 3.08 bits per heavy atom. The lowest BCUT2D eigenvalue weighted by Crippen LogP contribution is -1.96. The summed E-state index contributed by atoms with van der Waals surface area (Å²) in [5.41, 5.74) is -0.0301. The van der Waals surface area contributed by atoms with Crippen LogP contribution >= 0.6 is 15.9 Å². The number of hydrogen-bond acceptors (Lipinski definition) is 2. The Morgan fingerprint density at radius 2 is 2.50 bits per heavy atom. The molecule has 0 aliphatic rings. The highest BCUT2D eigenvalue weighted by Crippen LogP contribution is 2.25. The lowest BCUT2D eigenvalue weighted by Gasteiger charge is -2.02. The fraction of sp³-hybridized carbons (Fsp3) is 0.125. The van der Waals surface area contributed by atoms with Crippen molar-refractivity contribution >= 4 is 21.9 Å². The molecule has 0 bridgehead atoms. The summed E-state index contributed by atoms with van der Waals surface area (Å²) in [4.78, 5) is 10.6. The third-order valence-electron chi connectivity index (χ3n) is 1.29. The van der Waals surface area contributed by atoms with Crippen LogP contribution in [0.25, 0.3) is 0 Å². The van der Waals surface area contributed by atoms with E-state index in [4.69, 9.17) is 9.22 Å². The summed E-state index contributed by atoms with van der Waals surface area (Å²) in [6, 6.07) is 3.92. The zero-order valence-corrected chi connectivity index (χ0v) is 7.46. The van der Waals surface area contributed by atoms with Gasteiger partial charge in [-0.2, -0.15) is 0 Å². The SMILES string of the molecule is [2H]C([2H])([2H])Oc1cc(C(=O)O)ccc1Br. The first-order chi connectivity index (χ1) is 6.79. The van der Waals surface area contributed by atoms with Crippen LogP contribution in [0.1, 0.15) is 14.5 Å². The molecule has 0 fully saturated rings. The molecule has 1 aromatic rings. The van der Waals surface area contributed by atoms with Gasteiger partial charge >= 0.3 is 5.97 Å². The average Bonchev–Trinajstić information content (AvgIpc) is 2.06. The smallest absolute Gasteiger partial charge is 0.335 e. The Balaban J connectivity index is 3.06. The van der Waals surface area contributed by atoms with Crippen molar-refractivity contribution < 1.29 is 18.8 Å².